The molecule has 0 saturated heterocycles. The van der Waals surface area contributed by atoms with Crippen LogP contribution in [0.1, 0.15) is 22.3 Å². The van der Waals surface area contributed by atoms with E-state index in [1.165, 1.54) is 5.56 Å². The summed E-state index contributed by atoms with van der Waals surface area (Å²) in [5.41, 5.74) is 10.2. The van der Waals surface area contributed by atoms with E-state index in [4.69, 9.17) is 10.5 Å². The molecule has 18 heavy (non-hydrogen) atoms. The summed E-state index contributed by atoms with van der Waals surface area (Å²) in [4.78, 5) is 0. The van der Waals surface area contributed by atoms with Crippen molar-refractivity contribution in [1.29, 1.82) is 0 Å². The minimum absolute atomic E-state index is 0.531. The van der Waals surface area contributed by atoms with Gasteiger partial charge in [-0.3, -0.25) is 0 Å². The van der Waals surface area contributed by atoms with Crippen LogP contribution in [0.25, 0.3) is 0 Å². The fourth-order valence-electron chi connectivity index (χ4n) is 1.91. The summed E-state index contributed by atoms with van der Waals surface area (Å²) in [5.74, 6) is 1.78. The Morgan fingerprint density at radius 2 is 1.67 bits per heavy atom. The van der Waals surface area contributed by atoms with Crippen LogP contribution in [0, 0.1) is 20.8 Å². The molecule has 0 unspecified atom stereocenters. The Morgan fingerprint density at radius 1 is 0.889 bits per heavy atom. The van der Waals surface area contributed by atoms with Crippen molar-refractivity contribution in [2.24, 2.45) is 5.73 Å². The van der Waals surface area contributed by atoms with Crippen LogP contribution in [0.5, 0.6) is 11.5 Å². The van der Waals surface area contributed by atoms with E-state index in [1.54, 1.807) is 0 Å². The Balaban J connectivity index is 2.33. The fourth-order valence-corrected chi connectivity index (χ4v) is 1.91. The van der Waals surface area contributed by atoms with Gasteiger partial charge in [-0.2, -0.15) is 0 Å². The van der Waals surface area contributed by atoms with Gasteiger partial charge in [-0.15, -0.1) is 0 Å². The van der Waals surface area contributed by atoms with Crippen LogP contribution in [0.3, 0.4) is 0 Å². The summed E-state index contributed by atoms with van der Waals surface area (Å²) >= 11 is 0. The zero-order valence-electron chi connectivity index (χ0n) is 11.2. The molecule has 2 N–H and O–H groups in total. The van der Waals surface area contributed by atoms with Gasteiger partial charge in [0.25, 0.3) is 0 Å². The van der Waals surface area contributed by atoms with Crippen molar-refractivity contribution >= 4 is 0 Å². The van der Waals surface area contributed by atoms with Crippen molar-refractivity contribution in [3.8, 4) is 11.5 Å². The zero-order valence-corrected chi connectivity index (χ0v) is 11.2. The Kier molecular flexibility index (Phi) is 3.68. The summed E-state index contributed by atoms with van der Waals surface area (Å²) in [6.45, 7) is 6.71. The Morgan fingerprint density at radius 3 is 2.33 bits per heavy atom. The lowest BCUT2D eigenvalue weighted by atomic mass is 10.1. The van der Waals surface area contributed by atoms with Gasteiger partial charge in [0.05, 0.1) is 0 Å². The topological polar surface area (TPSA) is 35.2 Å². The maximum atomic E-state index is 5.98. The molecule has 0 aliphatic carbocycles. The third kappa shape index (κ3) is 2.71. The van der Waals surface area contributed by atoms with Crippen molar-refractivity contribution in [1.82, 2.24) is 0 Å². The first-order valence-electron chi connectivity index (χ1n) is 6.15. The van der Waals surface area contributed by atoms with Crippen molar-refractivity contribution in [2.45, 2.75) is 27.3 Å². The second-order valence-electron chi connectivity index (χ2n) is 4.67. The molecule has 0 aliphatic heterocycles. The van der Waals surface area contributed by atoms with Crippen molar-refractivity contribution in [2.75, 3.05) is 0 Å². The molecule has 0 aromatic heterocycles. The highest BCUT2D eigenvalue weighted by Crippen LogP contribution is 2.28. The quantitative estimate of drug-likeness (QED) is 0.885. The molecule has 2 aromatic rings. The highest BCUT2D eigenvalue weighted by Gasteiger charge is 2.05. The average Bonchev–Trinajstić information content (AvgIpc) is 2.35. The molecule has 2 rings (SSSR count). The van der Waals surface area contributed by atoms with E-state index in [0.717, 1.165) is 28.2 Å². The lowest BCUT2D eigenvalue weighted by Crippen LogP contribution is -1.98. The predicted octanol–water partition coefficient (Wildman–Crippen LogP) is 3.86. The molecule has 0 saturated carbocycles. The third-order valence-corrected chi connectivity index (χ3v) is 3.04. The van der Waals surface area contributed by atoms with Crippen LogP contribution in [0.15, 0.2) is 36.4 Å². The van der Waals surface area contributed by atoms with Gasteiger partial charge in [-0.25, -0.2) is 0 Å². The predicted molar refractivity (Wildman–Crippen MR) is 75.1 cm³/mol. The first-order chi connectivity index (χ1) is 8.60. The molecule has 0 bridgehead atoms. The van der Waals surface area contributed by atoms with Gasteiger partial charge in [0, 0.05) is 6.54 Å². The SMILES string of the molecule is Cc1ccc(Oc2cc(CN)ccc2C)c(C)c1. The van der Waals surface area contributed by atoms with E-state index in [2.05, 4.69) is 26.0 Å². The summed E-state index contributed by atoms with van der Waals surface area (Å²) in [6.07, 6.45) is 0. The summed E-state index contributed by atoms with van der Waals surface area (Å²) in [5, 5.41) is 0. The maximum absolute atomic E-state index is 5.98. The molecule has 0 spiro atoms. The Bertz CT molecular complexity index is 561. The molecule has 0 fully saturated rings. The van der Waals surface area contributed by atoms with E-state index < -0.39 is 0 Å². The van der Waals surface area contributed by atoms with Gasteiger partial charge in [0.15, 0.2) is 0 Å². The lowest BCUT2D eigenvalue weighted by Gasteiger charge is -2.12. The van der Waals surface area contributed by atoms with Gasteiger partial charge in [0.2, 0.25) is 0 Å². The molecule has 0 aliphatic rings. The van der Waals surface area contributed by atoms with Gasteiger partial charge >= 0.3 is 0 Å². The number of hydrogen-bond acceptors (Lipinski definition) is 2. The van der Waals surface area contributed by atoms with Crippen molar-refractivity contribution in [3.63, 3.8) is 0 Å². The van der Waals surface area contributed by atoms with Crippen LogP contribution < -0.4 is 10.5 Å². The Labute approximate surface area is 108 Å². The first kappa shape index (κ1) is 12.7. The zero-order chi connectivity index (χ0) is 13.1. The first-order valence-corrected chi connectivity index (χ1v) is 6.15. The fraction of sp³-hybridized carbons (Fsp3) is 0.250. The maximum Gasteiger partial charge on any atom is 0.130 e. The largest absolute Gasteiger partial charge is 0.457 e. The number of hydrogen-bond donors (Lipinski definition) is 1. The van der Waals surface area contributed by atoms with Gasteiger partial charge in [0.1, 0.15) is 11.5 Å². The highest BCUT2D eigenvalue weighted by molar-refractivity contribution is 5.43. The third-order valence-electron chi connectivity index (χ3n) is 3.04. The molecule has 0 heterocycles. The summed E-state index contributed by atoms with van der Waals surface area (Å²) in [6, 6.07) is 12.3. The second-order valence-corrected chi connectivity index (χ2v) is 4.67. The minimum Gasteiger partial charge on any atom is -0.457 e. The van der Waals surface area contributed by atoms with Crippen LogP contribution in [-0.2, 0) is 6.54 Å². The number of benzene rings is 2. The number of nitrogens with two attached hydrogens (primary N) is 1. The molecule has 94 valence electrons. The summed E-state index contributed by atoms with van der Waals surface area (Å²) < 4.78 is 5.98. The van der Waals surface area contributed by atoms with Gasteiger partial charge in [-0.1, -0.05) is 29.8 Å². The molecular weight excluding hydrogens is 222 g/mol. The second kappa shape index (κ2) is 5.23. The van der Waals surface area contributed by atoms with Crippen LogP contribution in [0.2, 0.25) is 0 Å². The monoisotopic (exact) mass is 241 g/mol. The highest BCUT2D eigenvalue weighted by atomic mass is 16.5. The molecule has 0 radical (unpaired) electrons. The van der Waals surface area contributed by atoms with E-state index in [-0.39, 0.29) is 0 Å². The molecule has 0 atom stereocenters. The Hall–Kier alpha value is -1.80. The molecule has 2 heteroatoms. The standard InChI is InChI=1S/C16H19NO/c1-11-4-7-15(13(3)8-11)18-16-9-14(10-17)6-5-12(16)2/h4-9H,10,17H2,1-3H3. The average molecular weight is 241 g/mol. The van der Waals surface area contributed by atoms with Gasteiger partial charge in [-0.05, 0) is 49.6 Å². The molecule has 2 nitrogen and oxygen atoms in total. The normalized spacial score (nSPS) is 10.4. The van der Waals surface area contributed by atoms with Crippen molar-refractivity contribution in [3.05, 3.63) is 58.7 Å². The number of ether oxygens (including phenoxy) is 1. The lowest BCUT2D eigenvalue weighted by molar-refractivity contribution is 0.474. The number of aryl methyl sites for hydroxylation is 3. The molecule has 0 amide bonds. The summed E-state index contributed by atoms with van der Waals surface area (Å²) in [7, 11) is 0. The molecular formula is C16H19NO. The van der Waals surface area contributed by atoms with Gasteiger partial charge < -0.3 is 10.5 Å². The van der Waals surface area contributed by atoms with Crippen LogP contribution in [0.4, 0.5) is 0 Å². The molecule has 2 aromatic carbocycles. The number of rotatable bonds is 3. The smallest absolute Gasteiger partial charge is 0.130 e. The van der Waals surface area contributed by atoms with Crippen molar-refractivity contribution < 1.29 is 4.74 Å². The van der Waals surface area contributed by atoms with Crippen LogP contribution >= 0.6 is 0 Å². The van der Waals surface area contributed by atoms with E-state index >= 15 is 0 Å². The van der Waals surface area contributed by atoms with E-state index in [0.29, 0.717) is 6.54 Å². The van der Waals surface area contributed by atoms with E-state index in [1.807, 2.05) is 31.2 Å². The van der Waals surface area contributed by atoms with E-state index in [9.17, 15) is 0 Å². The minimum atomic E-state index is 0.531. The van der Waals surface area contributed by atoms with Crippen LogP contribution in [-0.4, -0.2) is 0 Å².